The van der Waals surface area contributed by atoms with Crippen LogP contribution in [0.1, 0.15) is 27.2 Å². The number of rotatable bonds is 7. The molecule has 0 radical (unpaired) electrons. The quantitative estimate of drug-likeness (QED) is 0.660. The van der Waals surface area contributed by atoms with Crippen molar-refractivity contribution in [3.8, 4) is 0 Å². The molecule has 0 saturated carbocycles. The Hall–Kier alpha value is -1.59. The highest BCUT2D eigenvalue weighted by atomic mass is 16.5. The lowest BCUT2D eigenvalue weighted by atomic mass is 10.1. The third-order valence-electron chi connectivity index (χ3n) is 2.51. The fourth-order valence-electron chi connectivity index (χ4n) is 1.51. The summed E-state index contributed by atoms with van der Waals surface area (Å²) in [5.41, 5.74) is 0. The first kappa shape index (κ1) is 16.4. The highest BCUT2D eigenvalue weighted by Gasteiger charge is 2.20. The second kappa shape index (κ2) is 8.49. The van der Waals surface area contributed by atoms with Crippen LogP contribution in [0.3, 0.4) is 0 Å². The van der Waals surface area contributed by atoms with E-state index < -0.39 is 0 Å². The molecule has 6 heteroatoms. The molecular weight excluding hydrogens is 236 g/mol. The molecule has 6 nitrogen and oxygen atoms in total. The lowest BCUT2D eigenvalue weighted by molar-refractivity contribution is -0.146. The molecule has 104 valence electrons. The Morgan fingerprint density at radius 1 is 1.33 bits per heavy atom. The fourth-order valence-corrected chi connectivity index (χ4v) is 1.51. The third-order valence-corrected chi connectivity index (χ3v) is 2.51. The van der Waals surface area contributed by atoms with Gasteiger partial charge >= 0.3 is 5.97 Å². The van der Waals surface area contributed by atoms with E-state index in [0.717, 1.165) is 0 Å². The summed E-state index contributed by atoms with van der Waals surface area (Å²) in [6.07, 6.45) is 0.369. The number of methoxy groups -OCH3 is 1. The van der Waals surface area contributed by atoms with Crippen LogP contribution in [0.4, 0.5) is 0 Å². The van der Waals surface area contributed by atoms with E-state index in [1.54, 1.807) is 18.7 Å². The summed E-state index contributed by atoms with van der Waals surface area (Å²) >= 11 is 0. The normalized spacial score (nSPS) is 11.6. The molecule has 2 amide bonds. The number of amides is 2. The molecule has 0 fully saturated rings. The van der Waals surface area contributed by atoms with Crippen LogP contribution < -0.4 is 5.32 Å². The number of nitrogens with one attached hydrogen (secondary N) is 1. The molecule has 0 aromatic rings. The Morgan fingerprint density at radius 3 is 2.39 bits per heavy atom. The first-order valence-electron chi connectivity index (χ1n) is 6.02. The van der Waals surface area contributed by atoms with Crippen molar-refractivity contribution in [2.75, 3.05) is 26.7 Å². The second-order valence-electron chi connectivity index (χ2n) is 4.10. The molecule has 0 heterocycles. The van der Waals surface area contributed by atoms with E-state index in [2.05, 4.69) is 10.1 Å². The zero-order valence-electron chi connectivity index (χ0n) is 11.5. The van der Waals surface area contributed by atoms with Crippen LogP contribution in [-0.4, -0.2) is 49.4 Å². The van der Waals surface area contributed by atoms with Gasteiger partial charge in [0.2, 0.25) is 11.8 Å². The van der Waals surface area contributed by atoms with Gasteiger partial charge in [0.1, 0.15) is 0 Å². The molecule has 0 rings (SSSR count). The Bertz CT molecular complexity index is 304. The van der Waals surface area contributed by atoms with Gasteiger partial charge in [-0.15, -0.1) is 0 Å². The molecule has 0 aromatic heterocycles. The predicted molar refractivity (Wildman–Crippen MR) is 66.7 cm³/mol. The average molecular weight is 258 g/mol. The second-order valence-corrected chi connectivity index (χ2v) is 4.10. The van der Waals surface area contributed by atoms with Gasteiger partial charge in [-0.25, -0.2) is 0 Å². The fraction of sp³-hybridized carbons (Fsp3) is 0.750. The molecule has 1 unspecified atom stereocenters. The molecule has 0 aliphatic heterocycles. The topological polar surface area (TPSA) is 75.7 Å². The Morgan fingerprint density at radius 2 is 1.94 bits per heavy atom. The van der Waals surface area contributed by atoms with Crippen molar-refractivity contribution in [1.29, 1.82) is 0 Å². The standard InChI is InChI=1S/C12H22N2O4/c1-5-11(16)14(7-6-13-10(3)15)8-9(2)12(17)18-4/h9H,5-8H2,1-4H3,(H,13,15). The summed E-state index contributed by atoms with van der Waals surface area (Å²) in [6, 6.07) is 0. The lowest BCUT2D eigenvalue weighted by Crippen LogP contribution is -2.41. The van der Waals surface area contributed by atoms with Crippen molar-refractivity contribution in [3.63, 3.8) is 0 Å². The number of esters is 1. The van der Waals surface area contributed by atoms with Crippen molar-refractivity contribution in [1.82, 2.24) is 10.2 Å². The molecule has 0 saturated heterocycles. The first-order valence-corrected chi connectivity index (χ1v) is 6.02. The minimum absolute atomic E-state index is 0.0453. The number of ether oxygens (including phenoxy) is 1. The van der Waals surface area contributed by atoms with Crippen LogP contribution in [0.15, 0.2) is 0 Å². The van der Waals surface area contributed by atoms with Crippen LogP contribution in [0, 0.1) is 5.92 Å². The van der Waals surface area contributed by atoms with Crippen LogP contribution in [-0.2, 0) is 19.1 Å². The van der Waals surface area contributed by atoms with Crippen LogP contribution in [0.2, 0.25) is 0 Å². The summed E-state index contributed by atoms with van der Waals surface area (Å²) in [5, 5.41) is 2.62. The maximum atomic E-state index is 11.7. The van der Waals surface area contributed by atoms with Crippen LogP contribution in [0.5, 0.6) is 0 Å². The van der Waals surface area contributed by atoms with Gasteiger partial charge in [-0.1, -0.05) is 13.8 Å². The summed E-state index contributed by atoms with van der Waals surface area (Å²) in [7, 11) is 1.32. The minimum atomic E-state index is -0.372. The summed E-state index contributed by atoms with van der Waals surface area (Å²) in [6.45, 7) is 5.97. The zero-order valence-corrected chi connectivity index (χ0v) is 11.5. The summed E-state index contributed by atoms with van der Waals surface area (Å²) < 4.78 is 4.62. The Balaban J connectivity index is 4.35. The van der Waals surface area contributed by atoms with Crippen LogP contribution in [0.25, 0.3) is 0 Å². The van der Waals surface area contributed by atoms with E-state index >= 15 is 0 Å². The number of carbonyl (C=O) groups is 3. The van der Waals surface area contributed by atoms with E-state index in [0.29, 0.717) is 26.1 Å². The predicted octanol–water partition coefficient (Wildman–Crippen LogP) is 0.170. The molecule has 0 aliphatic carbocycles. The maximum absolute atomic E-state index is 11.7. The Labute approximate surface area is 108 Å². The van der Waals surface area contributed by atoms with Gasteiger partial charge in [0.25, 0.3) is 0 Å². The highest BCUT2D eigenvalue weighted by Crippen LogP contribution is 2.04. The smallest absolute Gasteiger partial charge is 0.310 e. The van der Waals surface area contributed by atoms with Gasteiger partial charge in [0.05, 0.1) is 13.0 Å². The van der Waals surface area contributed by atoms with Gasteiger partial charge in [-0.3, -0.25) is 14.4 Å². The third kappa shape index (κ3) is 6.22. The highest BCUT2D eigenvalue weighted by molar-refractivity contribution is 5.78. The molecule has 0 aliphatic rings. The molecule has 1 N–H and O–H groups in total. The lowest BCUT2D eigenvalue weighted by Gasteiger charge is -2.24. The maximum Gasteiger partial charge on any atom is 0.310 e. The number of carbonyl (C=O) groups excluding carboxylic acids is 3. The van der Waals surface area contributed by atoms with Gasteiger partial charge in [0.15, 0.2) is 0 Å². The molecule has 1 atom stereocenters. The average Bonchev–Trinajstić information content (AvgIpc) is 2.34. The SMILES string of the molecule is CCC(=O)N(CCNC(C)=O)CC(C)C(=O)OC. The van der Waals surface area contributed by atoms with Crippen molar-refractivity contribution < 1.29 is 19.1 Å². The molecule has 0 aromatic carbocycles. The minimum Gasteiger partial charge on any atom is -0.469 e. The van der Waals surface area contributed by atoms with E-state index in [1.165, 1.54) is 14.0 Å². The van der Waals surface area contributed by atoms with Gasteiger partial charge in [0, 0.05) is 33.0 Å². The summed E-state index contributed by atoms with van der Waals surface area (Å²) in [5.74, 6) is -0.901. The molecule has 18 heavy (non-hydrogen) atoms. The monoisotopic (exact) mass is 258 g/mol. The number of hydrogen-bond donors (Lipinski definition) is 1. The van der Waals surface area contributed by atoms with E-state index in [9.17, 15) is 14.4 Å². The van der Waals surface area contributed by atoms with E-state index in [4.69, 9.17) is 0 Å². The molecule has 0 bridgehead atoms. The van der Waals surface area contributed by atoms with Crippen molar-refractivity contribution in [3.05, 3.63) is 0 Å². The summed E-state index contributed by atoms with van der Waals surface area (Å²) in [4.78, 5) is 35.3. The van der Waals surface area contributed by atoms with Crippen molar-refractivity contribution in [2.45, 2.75) is 27.2 Å². The first-order chi connectivity index (χ1) is 8.42. The Kier molecular flexibility index (Phi) is 7.74. The largest absolute Gasteiger partial charge is 0.469 e. The van der Waals surface area contributed by atoms with Crippen molar-refractivity contribution >= 4 is 17.8 Å². The van der Waals surface area contributed by atoms with E-state index in [-0.39, 0.29) is 23.7 Å². The molecule has 0 spiro atoms. The van der Waals surface area contributed by atoms with Crippen molar-refractivity contribution in [2.24, 2.45) is 5.92 Å². The van der Waals surface area contributed by atoms with Gasteiger partial charge < -0.3 is 15.0 Å². The number of nitrogens with zero attached hydrogens (tertiary/aromatic N) is 1. The number of hydrogen-bond acceptors (Lipinski definition) is 4. The molecular formula is C12H22N2O4. The van der Waals surface area contributed by atoms with Crippen LogP contribution >= 0.6 is 0 Å². The van der Waals surface area contributed by atoms with Gasteiger partial charge in [-0.2, -0.15) is 0 Å². The van der Waals surface area contributed by atoms with E-state index in [1.807, 2.05) is 0 Å². The zero-order chi connectivity index (χ0) is 14.1. The van der Waals surface area contributed by atoms with Gasteiger partial charge in [-0.05, 0) is 0 Å².